The molecule has 29 heavy (non-hydrogen) atoms. The molecule has 158 valence electrons. The lowest BCUT2D eigenvalue weighted by atomic mass is 10.0. The number of rotatable bonds is 9. The molecule has 0 bridgehead atoms. The maximum absolute atomic E-state index is 12.8. The summed E-state index contributed by atoms with van der Waals surface area (Å²) < 4.78 is 16.7. The molecule has 1 amide bonds. The molecule has 0 radical (unpaired) electrons. The molecule has 1 N–H and O–H groups in total. The smallest absolute Gasteiger partial charge is 0.261 e. The van der Waals surface area contributed by atoms with Gasteiger partial charge in [-0.3, -0.25) is 4.79 Å². The fourth-order valence-electron chi connectivity index (χ4n) is 3.24. The molecule has 2 aromatic carbocycles. The predicted molar refractivity (Wildman–Crippen MR) is 116 cm³/mol. The Bertz CT molecular complexity index is 832. The van der Waals surface area contributed by atoms with Crippen LogP contribution < -0.4 is 19.5 Å². The summed E-state index contributed by atoms with van der Waals surface area (Å²) in [7, 11) is 3.21. The van der Waals surface area contributed by atoms with Crippen molar-refractivity contribution >= 4 is 5.91 Å². The molecule has 0 fully saturated rings. The molecule has 5 nitrogen and oxygen atoms in total. The van der Waals surface area contributed by atoms with Crippen molar-refractivity contribution in [2.45, 2.75) is 59.1 Å². The minimum absolute atomic E-state index is 0.143. The van der Waals surface area contributed by atoms with Crippen LogP contribution in [0, 0.1) is 6.92 Å². The highest BCUT2D eigenvalue weighted by molar-refractivity contribution is 5.81. The van der Waals surface area contributed by atoms with Crippen LogP contribution in [0.3, 0.4) is 0 Å². The Morgan fingerprint density at radius 1 is 0.966 bits per heavy atom. The summed E-state index contributed by atoms with van der Waals surface area (Å²) in [6.45, 7) is 10.1. The first-order valence-corrected chi connectivity index (χ1v) is 10.1. The minimum Gasteiger partial charge on any atom is -0.493 e. The summed E-state index contributed by atoms with van der Waals surface area (Å²) in [5.74, 6) is 2.24. The van der Waals surface area contributed by atoms with E-state index >= 15 is 0 Å². The van der Waals surface area contributed by atoms with Crippen molar-refractivity contribution in [2.24, 2.45) is 0 Å². The zero-order chi connectivity index (χ0) is 21.6. The third kappa shape index (κ3) is 5.66. The number of benzene rings is 2. The largest absolute Gasteiger partial charge is 0.493 e. The zero-order valence-corrected chi connectivity index (χ0v) is 18.5. The van der Waals surface area contributed by atoms with E-state index in [1.165, 1.54) is 0 Å². The van der Waals surface area contributed by atoms with Crippen molar-refractivity contribution in [1.29, 1.82) is 0 Å². The van der Waals surface area contributed by atoms with Gasteiger partial charge in [-0.2, -0.15) is 0 Å². The Kier molecular flexibility index (Phi) is 7.94. The minimum atomic E-state index is -0.608. The lowest BCUT2D eigenvalue weighted by Gasteiger charge is -2.23. The predicted octanol–water partition coefficient (Wildman–Crippen LogP) is 5.17. The normalized spacial score (nSPS) is 13.0. The standard InChI is InChI=1S/C24H33NO4/c1-8-20(18-10-12-21(27-6)23(14-18)28-7)25-24(26)17(5)29-22-13-16(4)9-11-19(22)15(2)3/h9-15,17,20H,8H2,1-7H3,(H,25,26)/t17-,20-/m1/s1. The highest BCUT2D eigenvalue weighted by atomic mass is 16.5. The molecule has 0 heterocycles. The Balaban J connectivity index is 2.15. The van der Waals surface area contributed by atoms with E-state index in [1.54, 1.807) is 21.1 Å². The lowest BCUT2D eigenvalue weighted by Crippen LogP contribution is -2.38. The molecule has 0 unspecified atom stereocenters. The summed E-state index contributed by atoms with van der Waals surface area (Å²) in [4.78, 5) is 12.8. The fraction of sp³-hybridized carbons (Fsp3) is 0.458. The van der Waals surface area contributed by atoms with Gasteiger partial charge in [0.05, 0.1) is 20.3 Å². The fourth-order valence-corrected chi connectivity index (χ4v) is 3.24. The molecule has 0 saturated carbocycles. The third-order valence-electron chi connectivity index (χ3n) is 5.00. The van der Waals surface area contributed by atoms with Gasteiger partial charge in [0.25, 0.3) is 5.91 Å². The number of carbonyl (C=O) groups excluding carboxylic acids is 1. The van der Waals surface area contributed by atoms with Gasteiger partial charge >= 0.3 is 0 Å². The highest BCUT2D eigenvalue weighted by Gasteiger charge is 2.22. The van der Waals surface area contributed by atoms with Crippen LogP contribution in [-0.2, 0) is 4.79 Å². The number of amides is 1. The van der Waals surface area contributed by atoms with Gasteiger partial charge in [-0.15, -0.1) is 0 Å². The SMILES string of the molecule is CC[C@@H](NC(=O)[C@@H](C)Oc1cc(C)ccc1C(C)C)c1ccc(OC)c(OC)c1. The van der Waals surface area contributed by atoms with Crippen LogP contribution in [-0.4, -0.2) is 26.2 Å². The molecule has 0 saturated heterocycles. The first-order chi connectivity index (χ1) is 13.8. The maximum Gasteiger partial charge on any atom is 0.261 e. The van der Waals surface area contributed by atoms with Gasteiger partial charge in [0.15, 0.2) is 17.6 Å². The van der Waals surface area contributed by atoms with Crippen molar-refractivity contribution in [3.05, 3.63) is 53.1 Å². The van der Waals surface area contributed by atoms with Crippen LogP contribution >= 0.6 is 0 Å². The number of hydrogen-bond donors (Lipinski definition) is 1. The average Bonchev–Trinajstić information content (AvgIpc) is 2.70. The van der Waals surface area contributed by atoms with E-state index in [2.05, 4.69) is 31.3 Å². The van der Waals surface area contributed by atoms with Crippen LogP contribution in [0.2, 0.25) is 0 Å². The molecule has 2 rings (SSSR count). The molecule has 0 aliphatic heterocycles. The summed E-state index contributed by atoms with van der Waals surface area (Å²) >= 11 is 0. The molecular formula is C24H33NO4. The van der Waals surface area contributed by atoms with Crippen LogP contribution in [0.15, 0.2) is 36.4 Å². The average molecular weight is 400 g/mol. The van der Waals surface area contributed by atoms with E-state index in [9.17, 15) is 4.79 Å². The molecule has 0 aliphatic rings. The molecular weight excluding hydrogens is 366 g/mol. The number of hydrogen-bond acceptors (Lipinski definition) is 4. The van der Waals surface area contributed by atoms with E-state index in [-0.39, 0.29) is 11.9 Å². The van der Waals surface area contributed by atoms with E-state index in [0.717, 1.165) is 28.9 Å². The van der Waals surface area contributed by atoms with Crippen LogP contribution in [0.5, 0.6) is 17.2 Å². The molecule has 0 aromatic heterocycles. The van der Waals surface area contributed by atoms with Gasteiger partial charge in [0.2, 0.25) is 0 Å². The molecule has 0 spiro atoms. The van der Waals surface area contributed by atoms with Gasteiger partial charge in [0.1, 0.15) is 5.75 Å². The van der Waals surface area contributed by atoms with Gasteiger partial charge < -0.3 is 19.5 Å². The second-order valence-corrected chi connectivity index (χ2v) is 7.54. The van der Waals surface area contributed by atoms with Gasteiger partial charge in [-0.05, 0) is 61.1 Å². The number of carbonyl (C=O) groups is 1. The van der Waals surface area contributed by atoms with Crippen LogP contribution in [0.4, 0.5) is 0 Å². The van der Waals surface area contributed by atoms with Gasteiger partial charge in [0, 0.05) is 0 Å². The van der Waals surface area contributed by atoms with Crippen molar-refractivity contribution in [3.63, 3.8) is 0 Å². The second-order valence-electron chi connectivity index (χ2n) is 7.54. The quantitative estimate of drug-likeness (QED) is 0.632. The summed E-state index contributed by atoms with van der Waals surface area (Å²) in [6, 6.07) is 11.7. The second kappa shape index (κ2) is 10.2. The number of aryl methyl sites for hydroxylation is 1. The van der Waals surface area contributed by atoms with E-state index in [4.69, 9.17) is 14.2 Å². The Labute approximate surface area is 174 Å². The van der Waals surface area contributed by atoms with E-state index in [1.807, 2.05) is 38.1 Å². The number of methoxy groups -OCH3 is 2. The Hall–Kier alpha value is -2.69. The number of nitrogens with one attached hydrogen (secondary N) is 1. The molecule has 2 atom stereocenters. The Morgan fingerprint density at radius 2 is 1.66 bits per heavy atom. The first kappa shape index (κ1) is 22.6. The molecule has 2 aromatic rings. The third-order valence-corrected chi connectivity index (χ3v) is 5.00. The van der Waals surface area contributed by atoms with Crippen molar-refractivity contribution in [1.82, 2.24) is 5.32 Å². The van der Waals surface area contributed by atoms with Gasteiger partial charge in [-0.25, -0.2) is 0 Å². The van der Waals surface area contributed by atoms with Crippen LogP contribution in [0.1, 0.15) is 62.8 Å². The first-order valence-electron chi connectivity index (χ1n) is 10.1. The topological polar surface area (TPSA) is 56.8 Å². The highest BCUT2D eigenvalue weighted by Crippen LogP contribution is 2.31. The summed E-state index contributed by atoms with van der Waals surface area (Å²) in [6.07, 6.45) is 0.138. The summed E-state index contributed by atoms with van der Waals surface area (Å²) in [5.41, 5.74) is 3.17. The molecule has 5 heteroatoms. The summed E-state index contributed by atoms with van der Waals surface area (Å²) in [5, 5.41) is 3.09. The van der Waals surface area contributed by atoms with Gasteiger partial charge in [-0.1, -0.05) is 39.0 Å². The van der Waals surface area contributed by atoms with Crippen molar-refractivity contribution in [3.8, 4) is 17.2 Å². The zero-order valence-electron chi connectivity index (χ0n) is 18.5. The van der Waals surface area contributed by atoms with Crippen LogP contribution in [0.25, 0.3) is 0 Å². The van der Waals surface area contributed by atoms with Crippen molar-refractivity contribution < 1.29 is 19.0 Å². The Morgan fingerprint density at radius 3 is 2.24 bits per heavy atom. The van der Waals surface area contributed by atoms with E-state index in [0.29, 0.717) is 17.4 Å². The van der Waals surface area contributed by atoms with E-state index < -0.39 is 6.10 Å². The maximum atomic E-state index is 12.8. The molecule has 0 aliphatic carbocycles. The monoisotopic (exact) mass is 399 g/mol. The lowest BCUT2D eigenvalue weighted by molar-refractivity contribution is -0.128. The van der Waals surface area contributed by atoms with Crippen molar-refractivity contribution in [2.75, 3.05) is 14.2 Å². The number of ether oxygens (including phenoxy) is 3.